The molecular formula is C15H23NO6. The molecule has 2 atom stereocenters. The molecule has 0 bridgehead atoms. The molecule has 0 aromatic heterocycles. The van der Waals surface area contributed by atoms with Gasteiger partial charge in [-0.2, -0.15) is 0 Å². The standard InChI is InChI=1S/C15H23NO6/c1-14(2,3)22-13(19)16-10(9-21-15(16,4)5)11(17)7-8-12(18)20-6/h10-11,17H,9H2,1-6H3/t10-,11+/m0/s1. The predicted octanol–water partition coefficient (Wildman–Crippen LogP) is 0.896. The summed E-state index contributed by atoms with van der Waals surface area (Å²) >= 11 is 0. The number of amides is 1. The summed E-state index contributed by atoms with van der Waals surface area (Å²) in [5, 5.41) is 10.1. The third-order valence-corrected chi connectivity index (χ3v) is 2.98. The average molecular weight is 313 g/mol. The molecule has 124 valence electrons. The molecule has 1 rings (SSSR count). The number of aliphatic hydroxyl groups excluding tert-OH is 1. The topological polar surface area (TPSA) is 85.3 Å². The first kappa shape index (κ1) is 18.3. The molecule has 1 amide bonds. The van der Waals surface area contributed by atoms with Gasteiger partial charge >= 0.3 is 12.1 Å². The summed E-state index contributed by atoms with van der Waals surface area (Å²) in [7, 11) is 1.19. The number of hydrogen-bond donors (Lipinski definition) is 1. The minimum absolute atomic E-state index is 0.0866. The Kier molecular flexibility index (Phi) is 5.44. The van der Waals surface area contributed by atoms with E-state index in [0.717, 1.165) is 0 Å². The Morgan fingerprint density at radius 3 is 2.50 bits per heavy atom. The van der Waals surface area contributed by atoms with Gasteiger partial charge < -0.3 is 19.3 Å². The lowest BCUT2D eigenvalue weighted by atomic mass is 10.1. The molecule has 7 nitrogen and oxygen atoms in total. The molecule has 0 spiro atoms. The number of ether oxygens (including phenoxy) is 3. The van der Waals surface area contributed by atoms with Crippen LogP contribution < -0.4 is 0 Å². The molecule has 1 heterocycles. The maximum Gasteiger partial charge on any atom is 0.413 e. The second kappa shape index (κ2) is 6.55. The average Bonchev–Trinajstić information content (AvgIpc) is 2.69. The Bertz CT molecular complexity index is 496. The molecule has 22 heavy (non-hydrogen) atoms. The predicted molar refractivity (Wildman–Crippen MR) is 77.7 cm³/mol. The monoisotopic (exact) mass is 313 g/mol. The SMILES string of the molecule is COC(=O)C#C[C@@H](O)[C@@H]1COC(C)(C)N1C(=O)OC(C)(C)C. The van der Waals surface area contributed by atoms with Crippen LogP contribution in [-0.2, 0) is 19.0 Å². The van der Waals surface area contributed by atoms with Crippen molar-refractivity contribution in [3.8, 4) is 11.8 Å². The molecule has 0 aliphatic carbocycles. The van der Waals surface area contributed by atoms with Crippen molar-refractivity contribution in [2.75, 3.05) is 13.7 Å². The van der Waals surface area contributed by atoms with E-state index in [1.165, 1.54) is 12.0 Å². The number of rotatable bonds is 1. The highest BCUT2D eigenvalue weighted by Crippen LogP contribution is 2.30. The van der Waals surface area contributed by atoms with Gasteiger partial charge in [-0.1, -0.05) is 5.92 Å². The van der Waals surface area contributed by atoms with E-state index in [1.54, 1.807) is 34.6 Å². The summed E-state index contributed by atoms with van der Waals surface area (Å²) < 4.78 is 15.3. The van der Waals surface area contributed by atoms with Gasteiger partial charge in [-0.3, -0.25) is 4.90 Å². The minimum atomic E-state index is -1.26. The normalized spacial score (nSPS) is 21.6. The van der Waals surface area contributed by atoms with Crippen LogP contribution in [0.15, 0.2) is 0 Å². The Morgan fingerprint density at radius 2 is 2.00 bits per heavy atom. The van der Waals surface area contributed by atoms with E-state index in [2.05, 4.69) is 16.6 Å². The van der Waals surface area contributed by atoms with Crippen LogP contribution in [0.25, 0.3) is 0 Å². The Hall–Kier alpha value is -1.78. The maximum atomic E-state index is 12.4. The largest absolute Gasteiger partial charge is 0.459 e. The van der Waals surface area contributed by atoms with Gasteiger partial charge in [-0.05, 0) is 34.6 Å². The van der Waals surface area contributed by atoms with Crippen molar-refractivity contribution in [3.05, 3.63) is 0 Å². The number of nitrogens with zero attached hydrogens (tertiary/aromatic N) is 1. The number of carbonyl (C=O) groups excluding carboxylic acids is 2. The number of hydrogen-bond acceptors (Lipinski definition) is 6. The van der Waals surface area contributed by atoms with E-state index in [9.17, 15) is 14.7 Å². The fraction of sp³-hybridized carbons (Fsp3) is 0.733. The first-order valence-corrected chi connectivity index (χ1v) is 6.92. The van der Waals surface area contributed by atoms with Gasteiger partial charge in [-0.25, -0.2) is 9.59 Å². The first-order chi connectivity index (χ1) is 9.98. The van der Waals surface area contributed by atoms with Crippen molar-refractivity contribution in [1.82, 2.24) is 4.90 Å². The van der Waals surface area contributed by atoms with Crippen molar-refractivity contribution in [2.45, 2.75) is 58.1 Å². The summed E-state index contributed by atoms with van der Waals surface area (Å²) in [5.41, 5.74) is -1.62. The quantitative estimate of drug-likeness (QED) is 0.440. The molecule has 0 unspecified atom stereocenters. The fourth-order valence-electron chi connectivity index (χ4n) is 2.01. The van der Waals surface area contributed by atoms with E-state index in [-0.39, 0.29) is 6.61 Å². The van der Waals surface area contributed by atoms with Crippen molar-refractivity contribution in [1.29, 1.82) is 0 Å². The van der Waals surface area contributed by atoms with E-state index in [0.29, 0.717) is 0 Å². The Morgan fingerprint density at radius 1 is 1.41 bits per heavy atom. The highest BCUT2D eigenvalue weighted by molar-refractivity contribution is 5.88. The third-order valence-electron chi connectivity index (χ3n) is 2.98. The van der Waals surface area contributed by atoms with Gasteiger partial charge in [0.05, 0.1) is 19.8 Å². The van der Waals surface area contributed by atoms with E-state index in [1.807, 2.05) is 0 Å². The summed E-state index contributed by atoms with van der Waals surface area (Å²) in [6.07, 6.45) is -1.87. The zero-order chi connectivity index (χ0) is 17.1. The molecule has 0 radical (unpaired) electrons. The molecule has 1 saturated heterocycles. The number of methoxy groups -OCH3 is 1. The highest BCUT2D eigenvalue weighted by Gasteiger charge is 2.48. The van der Waals surface area contributed by atoms with E-state index < -0.39 is 35.5 Å². The van der Waals surface area contributed by atoms with Gasteiger partial charge in [0.1, 0.15) is 17.4 Å². The number of aliphatic hydroxyl groups is 1. The summed E-state index contributed by atoms with van der Waals surface area (Å²) in [5.74, 6) is 3.75. The van der Waals surface area contributed by atoms with Crippen LogP contribution in [0, 0.1) is 11.8 Å². The van der Waals surface area contributed by atoms with Crippen molar-refractivity contribution in [3.63, 3.8) is 0 Å². The minimum Gasteiger partial charge on any atom is -0.459 e. The third kappa shape index (κ3) is 4.61. The summed E-state index contributed by atoms with van der Waals surface area (Å²) in [4.78, 5) is 24.7. The number of esters is 1. The molecule has 1 aliphatic rings. The van der Waals surface area contributed by atoms with E-state index >= 15 is 0 Å². The highest BCUT2D eigenvalue weighted by atomic mass is 16.6. The van der Waals surface area contributed by atoms with E-state index in [4.69, 9.17) is 9.47 Å². The van der Waals surface area contributed by atoms with Gasteiger partial charge in [0, 0.05) is 5.92 Å². The second-order valence-corrected chi connectivity index (χ2v) is 6.38. The summed E-state index contributed by atoms with van der Waals surface area (Å²) in [6.45, 7) is 8.71. The molecule has 0 aromatic carbocycles. The molecule has 0 aromatic rings. The maximum absolute atomic E-state index is 12.4. The second-order valence-electron chi connectivity index (χ2n) is 6.38. The van der Waals surface area contributed by atoms with Crippen LogP contribution in [0.3, 0.4) is 0 Å². The van der Waals surface area contributed by atoms with Crippen LogP contribution in [0.5, 0.6) is 0 Å². The Balaban J connectivity index is 2.95. The smallest absolute Gasteiger partial charge is 0.413 e. The molecule has 0 saturated carbocycles. The summed E-state index contributed by atoms with van der Waals surface area (Å²) in [6, 6.07) is -0.734. The van der Waals surface area contributed by atoms with Gasteiger partial charge in [0.15, 0.2) is 0 Å². The fourth-order valence-corrected chi connectivity index (χ4v) is 2.01. The van der Waals surface area contributed by atoms with Crippen LogP contribution in [-0.4, -0.2) is 59.3 Å². The molecule has 1 fully saturated rings. The first-order valence-electron chi connectivity index (χ1n) is 6.92. The lowest BCUT2D eigenvalue weighted by Gasteiger charge is -2.35. The lowest BCUT2D eigenvalue weighted by molar-refractivity contribution is -0.133. The zero-order valence-corrected chi connectivity index (χ0v) is 13.8. The van der Waals surface area contributed by atoms with Gasteiger partial charge in [0.25, 0.3) is 0 Å². The molecule has 1 N–H and O–H groups in total. The molecular weight excluding hydrogens is 290 g/mol. The van der Waals surface area contributed by atoms with Crippen LogP contribution in [0.1, 0.15) is 34.6 Å². The lowest BCUT2D eigenvalue weighted by Crippen LogP contribution is -2.53. The zero-order valence-electron chi connectivity index (χ0n) is 13.8. The van der Waals surface area contributed by atoms with Gasteiger partial charge in [-0.15, -0.1) is 0 Å². The van der Waals surface area contributed by atoms with Crippen molar-refractivity contribution < 1.29 is 28.9 Å². The van der Waals surface area contributed by atoms with Gasteiger partial charge in [0.2, 0.25) is 0 Å². The molecule has 7 heteroatoms. The van der Waals surface area contributed by atoms with Crippen LogP contribution in [0.2, 0.25) is 0 Å². The van der Waals surface area contributed by atoms with Crippen molar-refractivity contribution >= 4 is 12.1 Å². The Labute approximate surface area is 130 Å². The molecule has 1 aliphatic heterocycles. The van der Waals surface area contributed by atoms with Crippen LogP contribution in [0.4, 0.5) is 4.79 Å². The van der Waals surface area contributed by atoms with Crippen LogP contribution >= 0.6 is 0 Å². The number of carbonyl (C=O) groups is 2. The van der Waals surface area contributed by atoms with Crippen molar-refractivity contribution in [2.24, 2.45) is 0 Å².